The highest BCUT2D eigenvalue weighted by atomic mass is 16.5. The molecule has 0 saturated heterocycles. The monoisotopic (exact) mass is 266 g/mol. The molecule has 0 spiro atoms. The van der Waals surface area contributed by atoms with Crippen LogP contribution in [0.25, 0.3) is 0 Å². The number of para-hydroxylation sites is 1. The van der Waals surface area contributed by atoms with Crippen LogP contribution >= 0.6 is 0 Å². The zero-order chi connectivity index (χ0) is 13.9. The van der Waals surface area contributed by atoms with Gasteiger partial charge in [0, 0.05) is 5.69 Å². The summed E-state index contributed by atoms with van der Waals surface area (Å²) in [5.41, 5.74) is 5.50. The van der Waals surface area contributed by atoms with Gasteiger partial charge in [-0.05, 0) is 31.4 Å². The number of anilines is 1. The second-order valence-electron chi connectivity index (χ2n) is 3.86. The first kappa shape index (κ1) is 14.8. The van der Waals surface area contributed by atoms with E-state index in [1.165, 1.54) is 0 Å². The molecule has 0 bridgehead atoms. The number of carbonyl (C=O) groups is 2. The van der Waals surface area contributed by atoms with Crippen molar-refractivity contribution in [2.45, 2.75) is 19.3 Å². The largest absolute Gasteiger partial charge is 0.450 e. The number of amides is 2. The molecule has 1 aromatic rings. The Balaban J connectivity index is 2.00. The fourth-order valence-corrected chi connectivity index (χ4v) is 1.39. The van der Waals surface area contributed by atoms with Gasteiger partial charge in [-0.2, -0.15) is 0 Å². The van der Waals surface area contributed by atoms with E-state index < -0.39 is 12.2 Å². The number of nitrogens with two attached hydrogens (primary N) is 1. The summed E-state index contributed by atoms with van der Waals surface area (Å²) < 4.78 is 9.56. The number of ether oxygens (including phenoxy) is 2. The van der Waals surface area contributed by atoms with Gasteiger partial charge in [-0.3, -0.25) is 5.32 Å². The van der Waals surface area contributed by atoms with E-state index in [-0.39, 0.29) is 0 Å². The van der Waals surface area contributed by atoms with Gasteiger partial charge in [-0.1, -0.05) is 18.2 Å². The van der Waals surface area contributed by atoms with Crippen molar-refractivity contribution in [1.82, 2.24) is 0 Å². The first-order chi connectivity index (χ1) is 9.18. The maximum Gasteiger partial charge on any atom is 0.411 e. The third-order valence-electron chi connectivity index (χ3n) is 2.29. The minimum atomic E-state index is -0.765. The van der Waals surface area contributed by atoms with Crippen LogP contribution in [-0.4, -0.2) is 25.4 Å². The van der Waals surface area contributed by atoms with Crippen LogP contribution in [0.1, 0.15) is 19.3 Å². The van der Waals surface area contributed by atoms with Crippen molar-refractivity contribution in [3.8, 4) is 0 Å². The second kappa shape index (κ2) is 8.79. The van der Waals surface area contributed by atoms with E-state index in [9.17, 15) is 9.59 Å². The zero-order valence-corrected chi connectivity index (χ0v) is 10.6. The van der Waals surface area contributed by atoms with Gasteiger partial charge in [0.25, 0.3) is 0 Å². The van der Waals surface area contributed by atoms with Crippen molar-refractivity contribution in [3.63, 3.8) is 0 Å². The highest BCUT2D eigenvalue weighted by Gasteiger charge is 2.02. The Morgan fingerprint density at radius 1 is 1.00 bits per heavy atom. The summed E-state index contributed by atoms with van der Waals surface area (Å²) in [6.45, 7) is 0.626. The first-order valence-corrected chi connectivity index (χ1v) is 6.09. The van der Waals surface area contributed by atoms with E-state index in [2.05, 4.69) is 10.1 Å². The van der Waals surface area contributed by atoms with Crippen LogP contribution in [0.4, 0.5) is 15.3 Å². The molecule has 0 aliphatic heterocycles. The molecule has 1 rings (SSSR count). The molecule has 104 valence electrons. The predicted molar refractivity (Wildman–Crippen MR) is 70.8 cm³/mol. The number of rotatable bonds is 7. The molecule has 0 heterocycles. The molecule has 0 radical (unpaired) electrons. The maximum absolute atomic E-state index is 11.4. The summed E-state index contributed by atoms with van der Waals surface area (Å²) in [4.78, 5) is 21.6. The smallest absolute Gasteiger partial charge is 0.411 e. The minimum Gasteiger partial charge on any atom is -0.450 e. The molecule has 0 aliphatic rings. The fourth-order valence-electron chi connectivity index (χ4n) is 1.39. The number of nitrogens with one attached hydrogen (secondary N) is 1. The summed E-state index contributed by atoms with van der Waals surface area (Å²) in [6, 6.07) is 9.08. The summed E-state index contributed by atoms with van der Waals surface area (Å²) in [5.74, 6) is 0. The summed E-state index contributed by atoms with van der Waals surface area (Å²) in [5, 5.41) is 2.61. The highest BCUT2D eigenvalue weighted by molar-refractivity contribution is 5.84. The van der Waals surface area contributed by atoms with Crippen LogP contribution in [0, 0.1) is 0 Å². The number of hydrogen-bond acceptors (Lipinski definition) is 4. The molecule has 0 fully saturated rings. The Labute approximate surface area is 111 Å². The molecular weight excluding hydrogens is 248 g/mol. The number of hydrogen-bond donors (Lipinski definition) is 2. The van der Waals surface area contributed by atoms with Crippen LogP contribution in [0.15, 0.2) is 30.3 Å². The standard InChI is InChI=1S/C13H18N2O4/c14-12(16)18-9-5-2-6-10-19-13(17)15-11-7-3-1-4-8-11/h1,3-4,7-8H,2,5-6,9-10H2,(H2,14,16)(H,15,17). The van der Waals surface area contributed by atoms with Crippen molar-refractivity contribution in [2.24, 2.45) is 5.73 Å². The van der Waals surface area contributed by atoms with Gasteiger partial charge in [0.15, 0.2) is 0 Å². The summed E-state index contributed by atoms with van der Waals surface area (Å²) in [6.07, 6.45) is 0.973. The normalized spacial score (nSPS) is 9.68. The van der Waals surface area contributed by atoms with Crippen LogP contribution in [0.3, 0.4) is 0 Å². The average molecular weight is 266 g/mol. The lowest BCUT2D eigenvalue weighted by atomic mass is 10.2. The number of unbranched alkanes of at least 4 members (excludes halogenated alkanes) is 2. The third-order valence-corrected chi connectivity index (χ3v) is 2.29. The molecule has 1 aromatic carbocycles. The quantitative estimate of drug-likeness (QED) is 0.742. The van der Waals surface area contributed by atoms with Gasteiger partial charge in [-0.15, -0.1) is 0 Å². The third kappa shape index (κ3) is 7.64. The van der Waals surface area contributed by atoms with Gasteiger partial charge in [-0.25, -0.2) is 9.59 Å². The van der Waals surface area contributed by atoms with E-state index >= 15 is 0 Å². The van der Waals surface area contributed by atoms with E-state index in [0.29, 0.717) is 31.7 Å². The molecule has 0 unspecified atom stereocenters. The fraction of sp³-hybridized carbons (Fsp3) is 0.385. The van der Waals surface area contributed by atoms with Crippen molar-refractivity contribution < 1.29 is 19.1 Å². The Morgan fingerprint density at radius 2 is 1.63 bits per heavy atom. The molecule has 6 nitrogen and oxygen atoms in total. The van der Waals surface area contributed by atoms with Gasteiger partial charge in [0.1, 0.15) is 0 Å². The molecule has 0 aliphatic carbocycles. The van der Waals surface area contributed by atoms with Crippen molar-refractivity contribution in [2.75, 3.05) is 18.5 Å². The Hall–Kier alpha value is -2.24. The van der Waals surface area contributed by atoms with E-state index in [4.69, 9.17) is 10.5 Å². The number of primary amides is 1. The Morgan fingerprint density at radius 3 is 2.26 bits per heavy atom. The maximum atomic E-state index is 11.4. The molecule has 6 heteroatoms. The number of carbonyl (C=O) groups excluding carboxylic acids is 2. The van der Waals surface area contributed by atoms with Crippen LogP contribution in [-0.2, 0) is 9.47 Å². The van der Waals surface area contributed by atoms with Crippen LogP contribution in [0.5, 0.6) is 0 Å². The van der Waals surface area contributed by atoms with E-state index in [1.807, 2.05) is 18.2 Å². The number of benzene rings is 1. The predicted octanol–water partition coefficient (Wildman–Crippen LogP) is 2.50. The lowest BCUT2D eigenvalue weighted by Gasteiger charge is -2.06. The molecule has 3 N–H and O–H groups in total. The zero-order valence-electron chi connectivity index (χ0n) is 10.6. The topological polar surface area (TPSA) is 90.7 Å². The average Bonchev–Trinajstić information content (AvgIpc) is 2.38. The summed E-state index contributed by atoms with van der Waals surface area (Å²) in [7, 11) is 0. The minimum absolute atomic E-state index is 0.297. The molecule has 0 aromatic heterocycles. The van der Waals surface area contributed by atoms with Crippen molar-refractivity contribution >= 4 is 17.9 Å². The van der Waals surface area contributed by atoms with Gasteiger partial charge in [0.05, 0.1) is 13.2 Å². The summed E-state index contributed by atoms with van der Waals surface area (Å²) >= 11 is 0. The van der Waals surface area contributed by atoms with Crippen molar-refractivity contribution in [3.05, 3.63) is 30.3 Å². The lowest BCUT2D eigenvalue weighted by Crippen LogP contribution is -2.15. The lowest BCUT2D eigenvalue weighted by molar-refractivity contribution is 0.148. The van der Waals surface area contributed by atoms with Gasteiger partial charge in [0.2, 0.25) is 0 Å². The van der Waals surface area contributed by atoms with E-state index in [0.717, 1.165) is 6.42 Å². The molecule has 0 atom stereocenters. The van der Waals surface area contributed by atoms with Crippen molar-refractivity contribution in [1.29, 1.82) is 0 Å². The van der Waals surface area contributed by atoms with Gasteiger partial charge < -0.3 is 15.2 Å². The Kier molecular flexibility index (Phi) is 6.86. The molecule has 0 saturated carbocycles. The second-order valence-corrected chi connectivity index (χ2v) is 3.86. The van der Waals surface area contributed by atoms with Crippen LogP contribution in [0.2, 0.25) is 0 Å². The van der Waals surface area contributed by atoms with Gasteiger partial charge >= 0.3 is 12.2 Å². The first-order valence-electron chi connectivity index (χ1n) is 6.09. The highest BCUT2D eigenvalue weighted by Crippen LogP contribution is 2.05. The van der Waals surface area contributed by atoms with E-state index in [1.54, 1.807) is 12.1 Å². The molecule has 2 amide bonds. The Bertz CT molecular complexity index is 395. The molecule has 19 heavy (non-hydrogen) atoms. The SMILES string of the molecule is NC(=O)OCCCCCOC(=O)Nc1ccccc1. The van der Waals surface area contributed by atoms with Crippen LogP contribution < -0.4 is 11.1 Å². The molecular formula is C13H18N2O4.